The molecule has 0 unspecified atom stereocenters. The molecule has 0 aliphatic carbocycles. The summed E-state index contributed by atoms with van der Waals surface area (Å²) in [5.74, 6) is 0.990. The summed E-state index contributed by atoms with van der Waals surface area (Å²) in [4.78, 5) is 15.4. The maximum atomic E-state index is 13.7. The number of aryl methyl sites for hydroxylation is 1. The number of hydrogen-bond donors (Lipinski definition) is 1. The van der Waals surface area contributed by atoms with Crippen LogP contribution < -0.4 is 9.47 Å². The quantitative estimate of drug-likeness (QED) is 0.292. The lowest BCUT2D eigenvalue weighted by Crippen LogP contribution is -2.43. The second-order valence-corrected chi connectivity index (χ2v) is 11.5. The number of fused-ring (bicyclic) bond motifs is 3. The molecule has 2 aromatic carbocycles. The fourth-order valence-electron chi connectivity index (χ4n) is 4.62. The molecule has 210 valence electrons. The Bertz CT molecular complexity index is 1570. The normalized spacial score (nSPS) is 12.5. The van der Waals surface area contributed by atoms with Crippen molar-refractivity contribution in [3.63, 3.8) is 0 Å². The Morgan fingerprint density at radius 3 is 2.52 bits per heavy atom. The molecule has 40 heavy (non-hydrogen) atoms. The van der Waals surface area contributed by atoms with Gasteiger partial charge in [0, 0.05) is 70.3 Å². The highest BCUT2D eigenvalue weighted by molar-refractivity contribution is 6.34. The standard InChI is InChI=1S/C29H31Cl2N5O4/c1-29(2,3)34(4)28(38)26-23-16-40-25-13-24(39-5)21(17-14-32-35(15-17)7-6-8-37)12-22(25)27(23)36(33-26)20-10-18(30)9-19(31)11-20/h9-15,37H,6-8,16H2,1-5H3. The van der Waals surface area contributed by atoms with Crippen LogP contribution in [0.25, 0.3) is 28.1 Å². The van der Waals surface area contributed by atoms with Crippen LogP contribution in [0, 0.1) is 0 Å². The number of ether oxygens (including phenoxy) is 2. The molecular weight excluding hydrogens is 553 g/mol. The Kier molecular flexibility index (Phi) is 7.56. The third kappa shape index (κ3) is 5.16. The molecule has 2 aromatic heterocycles. The van der Waals surface area contributed by atoms with Gasteiger partial charge >= 0.3 is 0 Å². The van der Waals surface area contributed by atoms with E-state index >= 15 is 0 Å². The molecule has 0 radical (unpaired) electrons. The Morgan fingerprint density at radius 2 is 1.88 bits per heavy atom. The van der Waals surface area contributed by atoms with Crippen LogP contribution in [0.3, 0.4) is 0 Å². The molecule has 0 saturated heterocycles. The van der Waals surface area contributed by atoms with Gasteiger partial charge in [0.25, 0.3) is 5.91 Å². The minimum absolute atomic E-state index is 0.0838. The van der Waals surface area contributed by atoms with Crippen molar-refractivity contribution in [1.82, 2.24) is 24.5 Å². The summed E-state index contributed by atoms with van der Waals surface area (Å²) < 4.78 is 15.4. The van der Waals surface area contributed by atoms with Crippen LogP contribution in [0.1, 0.15) is 43.2 Å². The number of amides is 1. The summed E-state index contributed by atoms with van der Waals surface area (Å²) in [6.07, 6.45) is 4.26. The molecule has 1 N–H and O–H groups in total. The highest BCUT2D eigenvalue weighted by Crippen LogP contribution is 2.46. The molecule has 4 aromatic rings. The van der Waals surface area contributed by atoms with Crippen molar-refractivity contribution < 1.29 is 19.4 Å². The summed E-state index contributed by atoms with van der Waals surface area (Å²) in [6.45, 7) is 6.73. The number of halogens is 2. The fourth-order valence-corrected chi connectivity index (χ4v) is 5.13. The van der Waals surface area contributed by atoms with Gasteiger partial charge in [0.15, 0.2) is 5.69 Å². The molecule has 5 rings (SSSR count). The number of benzene rings is 2. The van der Waals surface area contributed by atoms with Crippen molar-refractivity contribution in [3.8, 4) is 39.6 Å². The van der Waals surface area contributed by atoms with E-state index in [-0.39, 0.29) is 19.1 Å². The molecule has 9 nitrogen and oxygen atoms in total. The van der Waals surface area contributed by atoms with E-state index in [0.717, 1.165) is 16.7 Å². The molecular formula is C29H31Cl2N5O4. The maximum absolute atomic E-state index is 13.7. The van der Waals surface area contributed by atoms with E-state index < -0.39 is 5.54 Å². The van der Waals surface area contributed by atoms with Crippen LogP contribution >= 0.6 is 23.2 Å². The van der Waals surface area contributed by atoms with E-state index in [1.165, 1.54) is 0 Å². The number of nitrogens with zero attached hydrogens (tertiary/aromatic N) is 5. The van der Waals surface area contributed by atoms with Gasteiger partial charge in [-0.15, -0.1) is 0 Å². The fraction of sp³-hybridized carbons (Fsp3) is 0.345. The van der Waals surface area contributed by atoms with Gasteiger partial charge in [-0.25, -0.2) is 4.68 Å². The molecule has 0 saturated carbocycles. The first-order valence-electron chi connectivity index (χ1n) is 12.9. The van der Waals surface area contributed by atoms with Gasteiger partial charge in [0.2, 0.25) is 0 Å². The summed E-state index contributed by atoms with van der Waals surface area (Å²) in [5, 5.41) is 19.4. The number of carbonyl (C=O) groups excluding carboxylic acids is 1. The van der Waals surface area contributed by atoms with Crippen molar-refractivity contribution in [2.75, 3.05) is 20.8 Å². The smallest absolute Gasteiger partial charge is 0.274 e. The van der Waals surface area contributed by atoms with Crippen LogP contribution in [0.15, 0.2) is 42.7 Å². The molecule has 0 spiro atoms. The predicted octanol–water partition coefficient (Wildman–Crippen LogP) is 5.86. The van der Waals surface area contributed by atoms with Crippen molar-refractivity contribution in [1.29, 1.82) is 0 Å². The van der Waals surface area contributed by atoms with Crippen LogP contribution in [-0.2, 0) is 13.2 Å². The maximum Gasteiger partial charge on any atom is 0.274 e. The van der Waals surface area contributed by atoms with E-state index in [2.05, 4.69) is 5.10 Å². The van der Waals surface area contributed by atoms with Crippen molar-refractivity contribution in [2.24, 2.45) is 0 Å². The summed E-state index contributed by atoms with van der Waals surface area (Å²) in [5.41, 5.74) is 4.24. The Labute approximate surface area is 242 Å². The largest absolute Gasteiger partial charge is 0.496 e. The number of aromatic nitrogens is 4. The molecule has 1 aliphatic heterocycles. The van der Waals surface area contributed by atoms with Gasteiger partial charge in [0.05, 0.1) is 24.7 Å². The number of rotatable bonds is 7. The first-order valence-corrected chi connectivity index (χ1v) is 13.6. The second kappa shape index (κ2) is 10.8. The molecule has 11 heteroatoms. The Hall–Kier alpha value is -3.53. The Balaban J connectivity index is 1.73. The highest BCUT2D eigenvalue weighted by atomic mass is 35.5. The Morgan fingerprint density at radius 1 is 1.15 bits per heavy atom. The summed E-state index contributed by atoms with van der Waals surface area (Å²) in [7, 11) is 3.37. The number of methoxy groups -OCH3 is 1. The molecule has 1 amide bonds. The van der Waals surface area contributed by atoms with E-state index in [9.17, 15) is 9.90 Å². The van der Waals surface area contributed by atoms with Gasteiger partial charge in [-0.1, -0.05) is 23.2 Å². The van der Waals surface area contributed by atoms with Crippen molar-refractivity contribution in [2.45, 2.75) is 45.9 Å². The lowest BCUT2D eigenvalue weighted by Gasteiger charge is -2.31. The first kappa shape index (κ1) is 28.0. The van der Waals surface area contributed by atoms with Crippen LogP contribution in [0.5, 0.6) is 11.5 Å². The van der Waals surface area contributed by atoms with Crippen LogP contribution in [0.4, 0.5) is 0 Å². The highest BCUT2D eigenvalue weighted by Gasteiger charge is 2.34. The van der Waals surface area contributed by atoms with E-state index in [4.69, 9.17) is 37.8 Å². The van der Waals surface area contributed by atoms with Gasteiger partial charge in [-0.3, -0.25) is 9.48 Å². The van der Waals surface area contributed by atoms with E-state index in [0.29, 0.717) is 57.1 Å². The van der Waals surface area contributed by atoms with Crippen molar-refractivity contribution in [3.05, 3.63) is 64.0 Å². The number of carbonyl (C=O) groups is 1. The SMILES string of the molecule is COc1cc2c(cc1-c1cnn(CCCO)c1)-c1c(c(C(=O)N(C)C(C)(C)C)nn1-c1cc(Cl)cc(Cl)c1)CO2. The van der Waals surface area contributed by atoms with E-state index in [1.807, 2.05) is 39.1 Å². The number of hydrogen-bond acceptors (Lipinski definition) is 6. The zero-order valence-electron chi connectivity index (χ0n) is 23.0. The molecule has 3 heterocycles. The lowest BCUT2D eigenvalue weighted by atomic mass is 9.96. The predicted molar refractivity (Wildman–Crippen MR) is 155 cm³/mol. The molecule has 0 atom stereocenters. The average Bonchev–Trinajstić information content (AvgIpc) is 3.54. The zero-order chi connectivity index (χ0) is 28.8. The van der Waals surface area contributed by atoms with Gasteiger partial charge in [-0.05, 0) is 51.5 Å². The van der Waals surface area contributed by atoms with Crippen molar-refractivity contribution >= 4 is 29.1 Å². The van der Waals surface area contributed by atoms with E-state index in [1.54, 1.807) is 52.8 Å². The first-order chi connectivity index (χ1) is 19.0. The van der Waals surface area contributed by atoms with Gasteiger partial charge < -0.3 is 19.5 Å². The minimum atomic E-state index is -0.419. The van der Waals surface area contributed by atoms with Crippen LogP contribution in [0.2, 0.25) is 10.0 Å². The van der Waals surface area contributed by atoms with Gasteiger partial charge in [0.1, 0.15) is 18.1 Å². The third-order valence-corrected chi connectivity index (χ3v) is 7.44. The topological polar surface area (TPSA) is 94.6 Å². The minimum Gasteiger partial charge on any atom is -0.496 e. The zero-order valence-corrected chi connectivity index (χ0v) is 24.5. The number of aliphatic hydroxyl groups excluding tert-OH is 1. The average molecular weight is 585 g/mol. The third-order valence-electron chi connectivity index (χ3n) is 7.01. The van der Waals surface area contributed by atoms with Gasteiger partial charge in [-0.2, -0.15) is 10.2 Å². The summed E-state index contributed by atoms with van der Waals surface area (Å²) >= 11 is 12.8. The second-order valence-electron chi connectivity index (χ2n) is 10.7. The molecule has 0 bridgehead atoms. The monoisotopic (exact) mass is 583 g/mol. The number of aliphatic hydroxyl groups is 1. The lowest BCUT2D eigenvalue weighted by molar-refractivity contribution is 0.0646. The van der Waals surface area contributed by atoms with Crippen LogP contribution in [-0.4, -0.2) is 61.8 Å². The summed E-state index contributed by atoms with van der Waals surface area (Å²) in [6, 6.07) is 8.96. The molecule has 0 fully saturated rings. The molecule has 1 aliphatic rings.